The second kappa shape index (κ2) is 7.04. The van der Waals surface area contributed by atoms with Crippen molar-refractivity contribution >= 4 is 17.7 Å². The van der Waals surface area contributed by atoms with E-state index in [2.05, 4.69) is 51.5 Å². The number of hydrogen-bond donors (Lipinski definition) is 0. The van der Waals surface area contributed by atoms with Gasteiger partial charge in [-0.25, -0.2) is 4.68 Å². The molecule has 1 aromatic heterocycles. The number of aryl methyl sites for hydroxylation is 1. The number of thioether (sulfide) groups is 1. The number of carbonyl (C=O) groups is 1. The van der Waals surface area contributed by atoms with E-state index in [0.717, 1.165) is 12.2 Å². The quantitative estimate of drug-likeness (QED) is 0.596. The average Bonchev–Trinajstić information content (AvgIpc) is 2.92. The number of carbonyl (C=O) groups excluding carboxylic acids is 1. The van der Waals surface area contributed by atoms with Crippen molar-refractivity contribution in [2.24, 2.45) is 0 Å². The van der Waals surface area contributed by atoms with Crippen LogP contribution in [0.5, 0.6) is 0 Å². The molecule has 7 heteroatoms. The second-order valence-corrected chi connectivity index (χ2v) is 5.10. The number of rotatable bonds is 6. The molecular weight excluding hydrogens is 276 g/mol. The molecule has 20 heavy (non-hydrogen) atoms. The Morgan fingerprint density at radius 3 is 2.65 bits per heavy atom. The van der Waals surface area contributed by atoms with Crippen LogP contribution in [0.25, 0.3) is 0 Å². The van der Waals surface area contributed by atoms with Crippen LogP contribution in [-0.4, -0.2) is 33.3 Å². The van der Waals surface area contributed by atoms with E-state index in [4.69, 9.17) is 0 Å². The molecule has 0 N–H and O–H groups in total. The molecule has 0 aliphatic carbocycles. The number of ether oxygens (including phenoxy) is 1. The Morgan fingerprint density at radius 2 is 2.00 bits per heavy atom. The lowest BCUT2D eigenvalue weighted by Gasteiger charge is -2.04. The first-order valence-electron chi connectivity index (χ1n) is 6.26. The van der Waals surface area contributed by atoms with E-state index < -0.39 is 0 Å². The van der Waals surface area contributed by atoms with E-state index in [9.17, 15) is 4.79 Å². The van der Waals surface area contributed by atoms with Crippen LogP contribution in [0.15, 0.2) is 29.4 Å². The molecule has 0 saturated heterocycles. The summed E-state index contributed by atoms with van der Waals surface area (Å²) in [5.74, 6) is 0.386. The fourth-order valence-electron chi connectivity index (χ4n) is 1.60. The minimum atomic E-state index is -0.369. The third kappa shape index (κ3) is 3.80. The number of esters is 1. The van der Waals surface area contributed by atoms with E-state index in [1.807, 2.05) is 0 Å². The molecule has 0 saturated carbocycles. The van der Waals surface area contributed by atoms with E-state index in [-0.39, 0.29) is 12.5 Å². The number of hydrogen-bond acceptors (Lipinski definition) is 6. The Kier molecular flexibility index (Phi) is 5.11. The summed E-state index contributed by atoms with van der Waals surface area (Å²) in [6.07, 6.45) is 1.03. The van der Waals surface area contributed by atoms with Crippen LogP contribution in [0.2, 0.25) is 0 Å². The lowest BCUT2D eigenvalue weighted by atomic mass is 10.1. The molecule has 0 atom stereocenters. The molecule has 0 spiro atoms. The van der Waals surface area contributed by atoms with Crippen LogP contribution in [0.1, 0.15) is 18.1 Å². The zero-order chi connectivity index (χ0) is 14.4. The van der Waals surface area contributed by atoms with E-state index in [1.165, 1.54) is 34.7 Å². The summed E-state index contributed by atoms with van der Waals surface area (Å²) in [5.41, 5.74) is 2.51. The number of nitrogens with zero attached hydrogens (tertiary/aromatic N) is 4. The van der Waals surface area contributed by atoms with Crippen molar-refractivity contribution in [2.45, 2.75) is 30.8 Å². The Hall–Kier alpha value is -1.89. The molecule has 1 aromatic carbocycles. The van der Waals surface area contributed by atoms with Crippen molar-refractivity contribution in [2.75, 3.05) is 7.11 Å². The third-order valence-electron chi connectivity index (χ3n) is 2.80. The molecule has 0 aliphatic heterocycles. The predicted molar refractivity (Wildman–Crippen MR) is 75.2 cm³/mol. The molecule has 2 rings (SSSR count). The molecule has 0 amide bonds. The van der Waals surface area contributed by atoms with Crippen LogP contribution in [-0.2, 0) is 28.2 Å². The number of methoxy groups -OCH3 is 1. The molecular formula is C13H16N4O2S. The zero-order valence-corrected chi connectivity index (χ0v) is 12.3. The highest BCUT2D eigenvalue weighted by atomic mass is 32.2. The second-order valence-electron chi connectivity index (χ2n) is 4.15. The van der Waals surface area contributed by atoms with E-state index >= 15 is 0 Å². The maximum Gasteiger partial charge on any atom is 0.327 e. The van der Waals surface area contributed by atoms with Crippen LogP contribution in [0.3, 0.4) is 0 Å². The summed E-state index contributed by atoms with van der Waals surface area (Å²) in [5, 5.41) is 11.9. The van der Waals surface area contributed by atoms with Gasteiger partial charge in [0.1, 0.15) is 6.54 Å². The van der Waals surface area contributed by atoms with E-state index in [0.29, 0.717) is 5.16 Å². The number of benzene rings is 1. The minimum Gasteiger partial charge on any atom is -0.468 e. The smallest absolute Gasteiger partial charge is 0.327 e. The van der Waals surface area contributed by atoms with Gasteiger partial charge in [-0.3, -0.25) is 4.79 Å². The monoisotopic (exact) mass is 292 g/mol. The van der Waals surface area contributed by atoms with E-state index in [1.54, 1.807) is 0 Å². The summed E-state index contributed by atoms with van der Waals surface area (Å²) >= 11 is 1.49. The standard InChI is InChI=1S/C13H16N4O2S/c1-3-10-4-6-11(7-5-10)9-20-13-14-15-16-17(13)8-12(18)19-2/h4-7H,3,8-9H2,1-2H3. The van der Waals surface area contributed by atoms with Crippen LogP contribution in [0.4, 0.5) is 0 Å². The summed E-state index contributed by atoms with van der Waals surface area (Å²) < 4.78 is 6.04. The van der Waals surface area contributed by atoms with Crippen molar-refractivity contribution in [1.29, 1.82) is 0 Å². The van der Waals surface area contributed by atoms with Gasteiger partial charge in [-0.1, -0.05) is 43.0 Å². The van der Waals surface area contributed by atoms with Crippen molar-refractivity contribution in [3.63, 3.8) is 0 Å². The van der Waals surface area contributed by atoms with Crippen LogP contribution >= 0.6 is 11.8 Å². The van der Waals surface area contributed by atoms with Gasteiger partial charge in [0.15, 0.2) is 0 Å². The van der Waals surface area contributed by atoms with Gasteiger partial charge < -0.3 is 4.74 Å². The Morgan fingerprint density at radius 1 is 1.30 bits per heavy atom. The van der Waals surface area contributed by atoms with Crippen LogP contribution in [0, 0.1) is 0 Å². The Labute approximate surface area is 121 Å². The van der Waals surface area contributed by atoms with Crippen molar-refractivity contribution < 1.29 is 9.53 Å². The molecule has 0 radical (unpaired) electrons. The molecule has 0 bridgehead atoms. The molecule has 1 heterocycles. The molecule has 0 unspecified atom stereocenters. The minimum absolute atomic E-state index is 0.0284. The lowest BCUT2D eigenvalue weighted by molar-refractivity contribution is -0.141. The predicted octanol–water partition coefficient (Wildman–Crippen LogP) is 1.70. The first-order valence-corrected chi connectivity index (χ1v) is 7.25. The maximum atomic E-state index is 11.2. The van der Waals surface area contributed by atoms with Gasteiger partial charge >= 0.3 is 5.97 Å². The summed E-state index contributed by atoms with van der Waals surface area (Å²) in [4.78, 5) is 11.2. The Balaban J connectivity index is 1.96. The van der Waals surface area contributed by atoms with Gasteiger partial charge in [-0.05, 0) is 28.0 Å². The van der Waals surface area contributed by atoms with Gasteiger partial charge in [-0.15, -0.1) is 5.10 Å². The lowest BCUT2D eigenvalue weighted by Crippen LogP contribution is -2.13. The highest BCUT2D eigenvalue weighted by molar-refractivity contribution is 7.98. The highest BCUT2D eigenvalue weighted by Gasteiger charge is 2.11. The van der Waals surface area contributed by atoms with Crippen molar-refractivity contribution in [1.82, 2.24) is 20.2 Å². The number of tetrazole rings is 1. The first kappa shape index (κ1) is 14.5. The summed E-state index contributed by atoms with van der Waals surface area (Å²) in [7, 11) is 1.34. The molecule has 106 valence electrons. The zero-order valence-electron chi connectivity index (χ0n) is 11.4. The summed E-state index contributed by atoms with van der Waals surface area (Å²) in [6, 6.07) is 8.43. The largest absolute Gasteiger partial charge is 0.468 e. The fraction of sp³-hybridized carbons (Fsp3) is 0.385. The normalized spacial score (nSPS) is 10.5. The third-order valence-corrected chi connectivity index (χ3v) is 3.83. The first-order chi connectivity index (χ1) is 9.72. The SMILES string of the molecule is CCc1ccc(CSc2nnnn2CC(=O)OC)cc1. The molecule has 0 aliphatic rings. The van der Waals surface area contributed by atoms with Crippen molar-refractivity contribution in [3.8, 4) is 0 Å². The Bertz CT molecular complexity index is 568. The highest BCUT2D eigenvalue weighted by Crippen LogP contribution is 2.20. The number of aromatic nitrogens is 4. The van der Waals surface area contributed by atoms with Crippen molar-refractivity contribution in [3.05, 3.63) is 35.4 Å². The van der Waals surface area contributed by atoms with Gasteiger partial charge in [-0.2, -0.15) is 0 Å². The summed E-state index contributed by atoms with van der Waals surface area (Å²) in [6.45, 7) is 2.16. The molecule has 2 aromatic rings. The topological polar surface area (TPSA) is 69.9 Å². The molecule has 6 nitrogen and oxygen atoms in total. The van der Waals surface area contributed by atoms with Gasteiger partial charge in [0, 0.05) is 5.75 Å². The fourth-order valence-corrected chi connectivity index (χ4v) is 2.44. The van der Waals surface area contributed by atoms with Gasteiger partial charge in [0.25, 0.3) is 0 Å². The van der Waals surface area contributed by atoms with Gasteiger partial charge in [0.2, 0.25) is 5.16 Å². The van der Waals surface area contributed by atoms with Crippen LogP contribution < -0.4 is 0 Å². The average molecular weight is 292 g/mol. The van der Waals surface area contributed by atoms with Gasteiger partial charge in [0.05, 0.1) is 7.11 Å². The maximum absolute atomic E-state index is 11.2. The molecule has 0 fully saturated rings.